The van der Waals surface area contributed by atoms with E-state index >= 15 is 0 Å². The molecule has 0 unspecified atom stereocenters. The van der Waals surface area contributed by atoms with Crippen molar-refractivity contribution in [3.63, 3.8) is 0 Å². The van der Waals surface area contributed by atoms with Crippen LogP contribution >= 0.6 is 23.2 Å². The van der Waals surface area contributed by atoms with Gasteiger partial charge in [0.25, 0.3) is 0 Å². The zero-order chi connectivity index (χ0) is 20.2. The Morgan fingerprint density at radius 2 is 1.63 bits per heavy atom. The Bertz CT molecular complexity index is 880. The molecule has 0 bridgehead atoms. The van der Waals surface area contributed by atoms with Gasteiger partial charge in [-0.15, -0.1) is 0 Å². The van der Waals surface area contributed by atoms with Crippen molar-refractivity contribution >= 4 is 33.2 Å². The molecule has 27 heavy (non-hydrogen) atoms. The third-order valence-corrected chi connectivity index (χ3v) is 5.37. The van der Waals surface area contributed by atoms with Crippen LogP contribution in [0.2, 0.25) is 10.0 Å². The topological polar surface area (TPSA) is 75.6 Å². The Morgan fingerprint density at radius 1 is 1.07 bits per heavy atom. The van der Waals surface area contributed by atoms with E-state index < -0.39 is 21.8 Å². The number of alkyl halides is 3. The molecule has 0 atom stereocenters. The average molecular weight is 444 g/mol. The van der Waals surface area contributed by atoms with Crippen LogP contribution in [0.1, 0.15) is 12.0 Å². The van der Waals surface area contributed by atoms with Crippen LogP contribution < -0.4 is 9.46 Å². The molecule has 0 aliphatic carbocycles. The first-order chi connectivity index (χ1) is 12.5. The Labute approximate surface area is 163 Å². The van der Waals surface area contributed by atoms with E-state index in [0.29, 0.717) is 12.1 Å². The smallest absolute Gasteiger partial charge is 0.416 e. The Balaban J connectivity index is 1.88. The van der Waals surface area contributed by atoms with Gasteiger partial charge in [-0.25, -0.2) is 13.1 Å². The second-order valence-electron chi connectivity index (χ2n) is 5.36. The highest BCUT2D eigenvalue weighted by atomic mass is 35.5. The van der Waals surface area contributed by atoms with Gasteiger partial charge in [-0.3, -0.25) is 0 Å². The summed E-state index contributed by atoms with van der Waals surface area (Å²) in [5, 5.41) is 9.53. The minimum atomic E-state index is -4.54. The van der Waals surface area contributed by atoms with Crippen LogP contribution in [0.5, 0.6) is 11.5 Å². The maximum atomic E-state index is 12.5. The summed E-state index contributed by atoms with van der Waals surface area (Å²) in [6.45, 7) is 0.0520. The molecule has 0 spiro atoms. The number of sulfonamides is 1. The maximum absolute atomic E-state index is 12.5. The second-order valence-corrected chi connectivity index (χ2v) is 7.94. The lowest BCUT2D eigenvalue weighted by Crippen LogP contribution is -2.26. The maximum Gasteiger partial charge on any atom is 0.416 e. The number of nitrogens with one attached hydrogen (secondary N) is 1. The van der Waals surface area contributed by atoms with Gasteiger partial charge in [-0.05, 0) is 30.7 Å². The molecule has 0 aliphatic rings. The lowest BCUT2D eigenvalue weighted by atomic mass is 10.2. The first kappa shape index (κ1) is 21.6. The lowest BCUT2D eigenvalue weighted by molar-refractivity contribution is -0.137. The van der Waals surface area contributed by atoms with Gasteiger partial charge in [0.05, 0.1) is 27.1 Å². The van der Waals surface area contributed by atoms with Gasteiger partial charge in [0.1, 0.15) is 5.75 Å². The van der Waals surface area contributed by atoms with E-state index in [2.05, 4.69) is 4.72 Å². The summed E-state index contributed by atoms with van der Waals surface area (Å²) >= 11 is 11.8. The number of hydrogen-bond acceptors (Lipinski definition) is 4. The first-order valence-corrected chi connectivity index (χ1v) is 9.72. The van der Waals surface area contributed by atoms with Crippen molar-refractivity contribution in [2.75, 3.05) is 13.2 Å². The number of hydrogen-bond donors (Lipinski definition) is 2. The fourth-order valence-corrected chi connectivity index (χ4v) is 3.70. The fourth-order valence-electron chi connectivity index (χ4n) is 2.04. The Morgan fingerprint density at radius 3 is 2.15 bits per heavy atom. The van der Waals surface area contributed by atoms with E-state index in [4.69, 9.17) is 27.9 Å². The molecule has 2 aromatic rings. The highest BCUT2D eigenvalue weighted by molar-refractivity contribution is 7.89. The van der Waals surface area contributed by atoms with Crippen molar-refractivity contribution in [1.82, 2.24) is 4.72 Å². The number of halogens is 5. The van der Waals surface area contributed by atoms with E-state index in [-0.39, 0.29) is 46.0 Å². The molecule has 0 radical (unpaired) electrons. The minimum absolute atomic E-state index is 0.0172. The van der Waals surface area contributed by atoms with Gasteiger partial charge in [0.15, 0.2) is 5.75 Å². The number of ether oxygens (including phenoxy) is 1. The summed E-state index contributed by atoms with van der Waals surface area (Å²) in [4.78, 5) is -0.277. The van der Waals surface area contributed by atoms with Crippen LogP contribution in [0.25, 0.3) is 0 Å². The van der Waals surface area contributed by atoms with E-state index in [1.165, 1.54) is 12.1 Å². The monoisotopic (exact) mass is 443 g/mol. The molecule has 0 saturated carbocycles. The van der Waals surface area contributed by atoms with Crippen LogP contribution in [0.4, 0.5) is 13.2 Å². The third-order valence-electron chi connectivity index (χ3n) is 3.33. The van der Waals surface area contributed by atoms with Gasteiger partial charge in [0.2, 0.25) is 10.0 Å². The molecular weight excluding hydrogens is 430 g/mol. The van der Waals surface area contributed by atoms with E-state index in [1.807, 2.05) is 0 Å². The molecule has 2 rings (SSSR count). The highest BCUT2D eigenvalue weighted by Gasteiger charge is 2.30. The molecule has 2 N–H and O–H groups in total. The highest BCUT2D eigenvalue weighted by Crippen LogP contribution is 2.36. The molecule has 0 aromatic heterocycles. The summed E-state index contributed by atoms with van der Waals surface area (Å²) < 4.78 is 69.3. The normalized spacial score (nSPS) is 12.2. The lowest BCUT2D eigenvalue weighted by Gasteiger charge is -2.11. The van der Waals surface area contributed by atoms with Gasteiger partial charge >= 0.3 is 6.18 Å². The van der Waals surface area contributed by atoms with Crippen LogP contribution in [-0.4, -0.2) is 26.7 Å². The summed E-state index contributed by atoms with van der Waals surface area (Å²) in [6, 6.07) is 5.67. The van der Waals surface area contributed by atoms with Crippen molar-refractivity contribution in [1.29, 1.82) is 0 Å². The van der Waals surface area contributed by atoms with Gasteiger partial charge in [-0.1, -0.05) is 23.2 Å². The third kappa shape index (κ3) is 5.90. The van der Waals surface area contributed by atoms with Crippen molar-refractivity contribution < 1.29 is 31.4 Å². The molecule has 148 valence electrons. The molecule has 2 aromatic carbocycles. The number of phenolic OH excluding ortho intramolecular Hbond substituents is 1. The van der Waals surface area contributed by atoms with Crippen molar-refractivity contribution in [3.8, 4) is 11.5 Å². The van der Waals surface area contributed by atoms with Gasteiger partial charge in [0, 0.05) is 18.7 Å². The molecule has 0 heterocycles. The molecule has 0 aliphatic heterocycles. The van der Waals surface area contributed by atoms with Crippen LogP contribution in [-0.2, 0) is 16.2 Å². The number of rotatable bonds is 7. The number of aromatic hydroxyl groups is 1. The zero-order valence-electron chi connectivity index (χ0n) is 13.6. The summed E-state index contributed by atoms with van der Waals surface area (Å²) in [5.74, 6) is 0.0309. The first-order valence-electron chi connectivity index (χ1n) is 7.48. The molecule has 0 amide bonds. The largest absolute Gasteiger partial charge is 0.508 e. The quantitative estimate of drug-likeness (QED) is 0.619. The second kappa shape index (κ2) is 8.55. The molecule has 11 heteroatoms. The number of phenols is 1. The van der Waals surface area contributed by atoms with E-state index in [0.717, 1.165) is 12.1 Å². The SMILES string of the molecule is O=S(=O)(NCCCOc1c(Cl)cc(O)cc1Cl)c1ccc(C(F)(F)F)cc1. The Hall–Kier alpha value is -1.68. The standard InChI is InChI=1S/C16H14Cl2F3NO4S/c17-13-8-11(23)9-14(18)15(13)26-7-1-6-22-27(24,25)12-4-2-10(3-5-12)16(19,20)21/h2-5,8-9,22-23H,1,6-7H2. The van der Waals surface area contributed by atoms with E-state index in [1.54, 1.807) is 0 Å². The van der Waals surface area contributed by atoms with Crippen molar-refractivity contribution in [3.05, 3.63) is 52.0 Å². The van der Waals surface area contributed by atoms with Crippen LogP contribution in [0.15, 0.2) is 41.3 Å². The zero-order valence-corrected chi connectivity index (χ0v) is 15.9. The minimum Gasteiger partial charge on any atom is -0.508 e. The van der Waals surface area contributed by atoms with Crippen molar-refractivity contribution in [2.45, 2.75) is 17.5 Å². The van der Waals surface area contributed by atoms with Crippen LogP contribution in [0, 0.1) is 0 Å². The van der Waals surface area contributed by atoms with Gasteiger partial charge < -0.3 is 9.84 Å². The van der Waals surface area contributed by atoms with Crippen LogP contribution in [0.3, 0.4) is 0 Å². The van der Waals surface area contributed by atoms with E-state index in [9.17, 15) is 26.7 Å². The molecule has 0 fully saturated rings. The van der Waals surface area contributed by atoms with Crippen molar-refractivity contribution in [2.24, 2.45) is 0 Å². The average Bonchev–Trinajstić information content (AvgIpc) is 2.55. The number of benzene rings is 2. The molecular formula is C16H14Cl2F3NO4S. The molecule has 0 saturated heterocycles. The van der Waals surface area contributed by atoms with Gasteiger partial charge in [-0.2, -0.15) is 13.2 Å². The summed E-state index contributed by atoms with van der Waals surface area (Å²) in [6.07, 6.45) is -4.29. The fraction of sp³-hybridized carbons (Fsp3) is 0.250. The Kier molecular flexibility index (Phi) is 6.85. The summed E-state index contributed by atoms with van der Waals surface area (Å²) in [7, 11) is -3.95. The molecule has 5 nitrogen and oxygen atoms in total. The predicted octanol–water partition coefficient (Wildman–Crippen LogP) is 4.47. The predicted molar refractivity (Wildman–Crippen MR) is 94.9 cm³/mol. The summed E-state index contributed by atoms with van der Waals surface area (Å²) in [5.41, 5.74) is -0.933.